The van der Waals surface area contributed by atoms with Crippen molar-refractivity contribution in [3.05, 3.63) is 59.7 Å². The van der Waals surface area contributed by atoms with Crippen LogP contribution in [0.5, 0.6) is 0 Å². The molecule has 18 heavy (non-hydrogen) atoms. The molecule has 0 aliphatic heterocycles. The molecule has 1 aromatic carbocycles. The standard InChI is InChI=1S/C14H12BrF3/c1-13(8-3-2-7-12(13)15)10-5-4-6-11(9-10)14(16,17)18/h2-9,12H,1H3. The van der Waals surface area contributed by atoms with Crippen molar-refractivity contribution in [2.45, 2.75) is 23.3 Å². The topological polar surface area (TPSA) is 0 Å². The summed E-state index contributed by atoms with van der Waals surface area (Å²) in [7, 11) is 0. The minimum atomic E-state index is -4.30. The average molecular weight is 317 g/mol. The highest BCUT2D eigenvalue weighted by Crippen LogP contribution is 2.39. The highest BCUT2D eigenvalue weighted by Gasteiger charge is 2.35. The normalized spacial score (nSPS) is 27.5. The van der Waals surface area contributed by atoms with Crippen molar-refractivity contribution in [3.63, 3.8) is 0 Å². The van der Waals surface area contributed by atoms with Crippen molar-refractivity contribution in [2.75, 3.05) is 0 Å². The summed E-state index contributed by atoms with van der Waals surface area (Å²) in [6.45, 7) is 1.92. The van der Waals surface area contributed by atoms with Crippen molar-refractivity contribution < 1.29 is 13.2 Å². The lowest BCUT2D eigenvalue weighted by Gasteiger charge is -2.32. The van der Waals surface area contributed by atoms with Gasteiger partial charge < -0.3 is 0 Å². The average Bonchev–Trinajstić information content (AvgIpc) is 2.32. The summed E-state index contributed by atoms with van der Waals surface area (Å²) in [5, 5.41) is 0. The van der Waals surface area contributed by atoms with Crippen LogP contribution in [0.1, 0.15) is 18.1 Å². The van der Waals surface area contributed by atoms with E-state index in [1.54, 1.807) is 6.07 Å². The first-order valence-electron chi connectivity index (χ1n) is 5.52. The number of allylic oxidation sites excluding steroid dienone is 4. The SMILES string of the molecule is CC1(c2cccc(C(F)(F)F)c2)C=CC=CC1Br. The van der Waals surface area contributed by atoms with Gasteiger partial charge in [-0.1, -0.05) is 65.4 Å². The fourth-order valence-corrected chi connectivity index (χ4v) is 2.59. The fourth-order valence-electron chi connectivity index (χ4n) is 2.00. The molecule has 2 unspecified atom stereocenters. The maximum absolute atomic E-state index is 12.7. The van der Waals surface area contributed by atoms with Crippen LogP contribution in [-0.4, -0.2) is 4.83 Å². The highest BCUT2D eigenvalue weighted by molar-refractivity contribution is 9.09. The molecule has 0 aromatic heterocycles. The Bertz CT molecular complexity index is 502. The maximum atomic E-state index is 12.7. The fraction of sp³-hybridized carbons (Fsp3) is 0.286. The van der Waals surface area contributed by atoms with E-state index in [0.29, 0.717) is 5.56 Å². The molecule has 0 N–H and O–H groups in total. The molecule has 0 spiro atoms. The summed E-state index contributed by atoms with van der Waals surface area (Å²) >= 11 is 3.50. The van der Waals surface area contributed by atoms with Crippen LogP contribution < -0.4 is 0 Å². The quantitative estimate of drug-likeness (QED) is 0.649. The van der Waals surface area contributed by atoms with Gasteiger partial charge in [-0.25, -0.2) is 0 Å². The van der Waals surface area contributed by atoms with Crippen molar-refractivity contribution in [1.29, 1.82) is 0 Å². The second kappa shape index (κ2) is 4.57. The molecule has 0 fully saturated rings. The number of alkyl halides is 4. The summed E-state index contributed by atoms with van der Waals surface area (Å²) < 4.78 is 38.1. The molecule has 96 valence electrons. The largest absolute Gasteiger partial charge is 0.416 e. The van der Waals surface area contributed by atoms with E-state index >= 15 is 0 Å². The van der Waals surface area contributed by atoms with Gasteiger partial charge in [-0.2, -0.15) is 13.2 Å². The van der Waals surface area contributed by atoms with Crippen LogP contribution in [-0.2, 0) is 11.6 Å². The molecule has 0 bridgehead atoms. The van der Waals surface area contributed by atoms with Crippen LogP contribution in [0.25, 0.3) is 0 Å². The minimum absolute atomic E-state index is 0.0153. The summed E-state index contributed by atoms with van der Waals surface area (Å²) in [6, 6.07) is 5.50. The molecule has 1 aliphatic rings. The first-order chi connectivity index (χ1) is 8.34. The van der Waals surface area contributed by atoms with Crippen LogP contribution in [0.4, 0.5) is 13.2 Å². The predicted molar refractivity (Wildman–Crippen MR) is 69.8 cm³/mol. The Kier molecular flexibility index (Phi) is 3.41. The summed E-state index contributed by atoms with van der Waals surface area (Å²) in [4.78, 5) is -0.0153. The number of hydrogen-bond donors (Lipinski definition) is 0. The van der Waals surface area contributed by atoms with E-state index in [1.165, 1.54) is 12.1 Å². The Morgan fingerprint density at radius 1 is 1.22 bits per heavy atom. The van der Waals surface area contributed by atoms with Gasteiger partial charge in [-0.05, 0) is 11.6 Å². The van der Waals surface area contributed by atoms with Gasteiger partial charge in [0.15, 0.2) is 0 Å². The lowest BCUT2D eigenvalue weighted by molar-refractivity contribution is -0.137. The van der Waals surface area contributed by atoms with E-state index in [4.69, 9.17) is 0 Å². The molecule has 1 aliphatic carbocycles. The van der Waals surface area contributed by atoms with Crippen LogP contribution in [0, 0.1) is 0 Å². The Hall–Kier alpha value is -1.03. The van der Waals surface area contributed by atoms with Gasteiger partial charge in [0.05, 0.1) is 5.56 Å². The molecular formula is C14H12BrF3. The molecule has 1 aromatic rings. The van der Waals surface area contributed by atoms with Gasteiger partial charge in [-0.3, -0.25) is 0 Å². The van der Waals surface area contributed by atoms with Crippen molar-refractivity contribution >= 4 is 15.9 Å². The molecule has 4 heteroatoms. The zero-order chi connectivity index (χ0) is 13.4. The second-order valence-electron chi connectivity index (χ2n) is 4.51. The number of hydrogen-bond acceptors (Lipinski definition) is 0. The van der Waals surface area contributed by atoms with Crippen molar-refractivity contribution in [1.82, 2.24) is 0 Å². The van der Waals surface area contributed by atoms with E-state index < -0.39 is 17.2 Å². The van der Waals surface area contributed by atoms with E-state index in [9.17, 15) is 13.2 Å². The van der Waals surface area contributed by atoms with E-state index in [0.717, 1.165) is 6.07 Å². The maximum Gasteiger partial charge on any atom is 0.416 e. The van der Waals surface area contributed by atoms with Gasteiger partial charge in [0, 0.05) is 10.2 Å². The van der Waals surface area contributed by atoms with E-state index in [2.05, 4.69) is 15.9 Å². The molecule has 0 heterocycles. The van der Waals surface area contributed by atoms with Crippen molar-refractivity contribution in [2.24, 2.45) is 0 Å². The molecule has 2 atom stereocenters. The molecule has 2 rings (SSSR count). The van der Waals surface area contributed by atoms with E-state index in [-0.39, 0.29) is 4.83 Å². The predicted octanol–water partition coefficient (Wildman–Crippen LogP) is 4.85. The molecular weight excluding hydrogens is 305 g/mol. The van der Waals surface area contributed by atoms with Gasteiger partial charge in [-0.15, -0.1) is 0 Å². The second-order valence-corrected chi connectivity index (χ2v) is 5.49. The molecule has 0 radical (unpaired) electrons. The monoisotopic (exact) mass is 316 g/mol. The van der Waals surface area contributed by atoms with Crippen LogP contribution in [0.3, 0.4) is 0 Å². The summed E-state index contributed by atoms with van der Waals surface area (Å²) in [6.07, 6.45) is 3.29. The van der Waals surface area contributed by atoms with Crippen molar-refractivity contribution in [3.8, 4) is 0 Å². The van der Waals surface area contributed by atoms with Gasteiger partial charge in [0.25, 0.3) is 0 Å². The highest BCUT2D eigenvalue weighted by atomic mass is 79.9. The Morgan fingerprint density at radius 3 is 2.56 bits per heavy atom. The minimum Gasteiger partial charge on any atom is -0.166 e. The smallest absolute Gasteiger partial charge is 0.166 e. The zero-order valence-corrected chi connectivity index (χ0v) is 11.3. The Balaban J connectivity index is 2.46. The molecule has 0 saturated carbocycles. The first-order valence-corrected chi connectivity index (χ1v) is 6.43. The van der Waals surface area contributed by atoms with Crippen LogP contribution in [0.15, 0.2) is 48.6 Å². The number of rotatable bonds is 1. The number of halogens is 4. The van der Waals surface area contributed by atoms with Gasteiger partial charge >= 0.3 is 6.18 Å². The third-order valence-corrected chi connectivity index (χ3v) is 4.47. The van der Waals surface area contributed by atoms with E-state index in [1.807, 2.05) is 31.2 Å². The van der Waals surface area contributed by atoms with Crippen LogP contribution >= 0.6 is 15.9 Å². The third kappa shape index (κ3) is 2.39. The van der Waals surface area contributed by atoms with Gasteiger partial charge in [0.1, 0.15) is 0 Å². The molecule has 0 saturated heterocycles. The summed E-state index contributed by atoms with van der Waals surface area (Å²) in [5.41, 5.74) is -0.417. The lowest BCUT2D eigenvalue weighted by Crippen LogP contribution is -2.30. The Labute approximate surface area is 112 Å². The summed E-state index contributed by atoms with van der Waals surface area (Å²) in [5.74, 6) is 0. The zero-order valence-electron chi connectivity index (χ0n) is 9.71. The lowest BCUT2D eigenvalue weighted by atomic mass is 9.77. The number of benzene rings is 1. The molecule has 0 nitrogen and oxygen atoms in total. The third-order valence-electron chi connectivity index (χ3n) is 3.22. The van der Waals surface area contributed by atoms with Gasteiger partial charge in [0.2, 0.25) is 0 Å². The first kappa shape index (κ1) is 13.4. The Morgan fingerprint density at radius 2 is 1.94 bits per heavy atom. The molecule has 0 amide bonds. The van der Waals surface area contributed by atoms with Crippen LogP contribution in [0.2, 0.25) is 0 Å².